The number of rotatable bonds is 4. The number of benzene rings is 1. The molecule has 0 aromatic heterocycles. The van der Waals surface area contributed by atoms with Crippen molar-refractivity contribution in [1.82, 2.24) is 5.48 Å². The van der Waals surface area contributed by atoms with Gasteiger partial charge < -0.3 is 14.7 Å². The third kappa shape index (κ3) is 2.17. The lowest BCUT2D eigenvalue weighted by Crippen LogP contribution is -2.07. The van der Waals surface area contributed by atoms with E-state index in [9.17, 15) is 0 Å². The molecular weight excluding hydrogens is 250 g/mol. The van der Waals surface area contributed by atoms with E-state index >= 15 is 0 Å². The fourth-order valence-electron chi connectivity index (χ4n) is 1.15. The highest BCUT2D eigenvalue weighted by Gasteiger charge is 2.11. The molecule has 0 saturated heterocycles. The summed E-state index contributed by atoms with van der Waals surface area (Å²) in [4.78, 5) is 0. The summed E-state index contributed by atoms with van der Waals surface area (Å²) in [7, 11) is 3.15. The molecule has 0 aliphatic rings. The summed E-state index contributed by atoms with van der Waals surface area (Å²) in [6.45, 7) is 0.348. The second-order valence-corrected chi connectivity index (χ2v) is 3.40. The second-order valence-electron chi connectivity index (χ2n) is 2.61. The van der Waals surface area contributed by atoms with Crippen molar-refractivity contribution in [1.29, 1.82) is 0 Å². The molecule has 0 fully saturated rings. The standard InChI is InChI=1S/C9H12BrNO3/c1-13-7-4-3-6(5-11-12)8(10)9(7)14-2/h3-4,11-12H,5H2,1-2H3. The minimum Gasteiger partial charge on any atom is -0.493 e. The summed E-state index contributed by atoms with van der Waals surface area (Å²) >= 11 is 3.38. The smallest absolute Gasteiger partial charge is 0.175 e. The maximum absolute atomic E-state index is 8.59. The van der Waals surface area contributed by atoms with Gasteiger partial charge in [-0.05, 0) is 27.6 Å². The molecule has 0 heterocycles. The number of methoxy groups -OCH3 is 2. The lowest BCUT2D eigenvalue weighted by atomic mass is 10.2. The number of ether oxygens (including phenoxy) is 2. The van der Waals surface area contributed by atoms with Gasteiger partial charge >= 0.3 is 0 Å². The van der Waals surface area contributed by atoms with Crippen molar-refractivity contribution in [2.45, 2.75) is 6.54 Å². The summed E-state index contributed by atoms with van der Waals surface area (Å²) in [5.74, 6) is 1.28. The topological polar surface area (TPSA) is 50.7 Å². The third-order valence-corrected chi connectivity index (χ3v) is 2.70. The Hall–Kier alpha value is -0.780. The van der Waals surface area contributed by atoms with Crippen molar-refractivity contribution in [2.75, 3.05) is 14.2 Å². The Morgan fingerprint density at radius 3 is 2.57 bits per heavy atom. The number of hydrogen-bond donors (Lipinski definition) is 2. The highest BCUT2D eigenvalue weighted by Crippen LogP contribution is 2.37. The van der Waals surface area contributed by atoms with Gasteiger partial charge in [0.15, 0.2) is 11.5 Å². The van der Waals surface area contributed by atoms with Gasteiger partial charge in [0.2, 0.25) is 0 Å². The minimum atomic E-state index is 0.348. The van der Waals surface area contributed by atoms with E-state index in [2.05, 4.69) is 21.4 Å². The summed E-state index contributed by atoms with van der Waals surface area (Å²) < 4.78 is 11.1. The lowest BCUT2D eigenvalue weighted by molar-refractivity contribution is 0.161. The quantitative estimate of drug-likeness (QED) is 0.814. The van der Waals surface area contributed by atoms with E-state index in [0.717, 1.165) is 10.0 Å². The molecule has 5 heteroatoms. The Balaban J connectivity index is 3.13. The maximum Gasteiger partial charge on any atom is 0.175 e. The third-order valence-electron chi connectivity index (χ3n) is 1.83. The molecule has 0 radical (unpaired) electrons. The molecule has 0 saturated carbocycles. The van der Waals surface area contributed by atoms with Crippen LogP contribution < -0.4 is 15.0 Å². The zero-order valence-electron chi connectivity index (χ0n) is 8.00. The average Bonchev–Trinajstić information content (AvgIpc) is 2.21. The van der Waals surface area contributed by atoms with Gasteiger partial charge in [-0.3, -0.25) is 0 Å². The second kappa shape index (κ2) is 5.19. The van der Waals surface area contributed by atoms with Crippen LogP contribution in [0.5, 0.6) is 11.5 Å². The molecule has 0 bridgehead atoms. The molecule has 0 aliphatic carbocycles. The molecule has 0 atom stereocenters. The Bertz CT molecular complexity index is 317. The SMILES string of the molecule is COc1ccc(CNO)c(Br)c1OC. The van der Waals surface area contributed by atoms with Gasteiger partial charge in [-0.25, -0.2) is 5.48 Å². The average molecular weight is 262 g/mol. The molecule has 1 aromatic carbocycles. The van der Waals surface area contributed by atoms with E-state index in [0.29, 0.717) is 18.0 Å². The van der Waals surface area contributed by atoms with Gasteiger partial charge in [0, 0.05) is 6.54 Å². The van der Waals surface area contributed by atoms with E-state index in [1.54, 1.807) is 20.3 Å². The molecular formula is C9H12BrNO3. The molecule has 14 heavy (non-hydrogen) atoms. The molecule has 2 N–H and O–H groups in total. The molecule has 78 valence electrons. The van der Waals surface area contributed by atoms with Crippen molar-refractivity contribution in [2.24, 2.45) is 0 Å². The predicted molar refractivity (Wildman–Crippen MR) is 55.9 cm³/mol. The first-order valence-corrected chi connectivity index (χ1v) is 4.80. The number of nitrogens with one attached hydrogen (secondary N) is 1. The fraction of sp³-hybridized carbons (Fsp3) is 0.333. The molecule has 0 amide bonds. The maximum atomic E-state index is 8.59. The van der Waals surface area contributed by atoms with Gasteiger partial charge in [-0.2, -0.15) is 0 Å². The first-order valence-electron chi connectivity index (χ1n) is 4.01. The number of hydrogen-bond acceptors (Lipinski definition) is 4. The molecule has 4 nitrogen and oxygen atoms in total. The van der Waals surface area contributed by atoms with Gasteiger partial charge in [0.05, 0.1) is 18.7 Å². The first-order chi connectivity index (χ1) is 6.74. The van der Waals surface area contributed by atoms with E-state index in [1.807, 2.05) is 6.07 Å². The van der Waals surface area contributed by atoms with Crippen molar-refractivity contribution < 1.29 is 14.7 Å². The molecule has 1 rings (SSSR count). The largest absolute Gasteiger partial charge is 0.493 e. The Labute approximate surface area is 90.9 Å². The summed E-state index contributed by atoms with van der Waals surface area (Å²) in [6.07, 6.45) is 0. The van der Waals surface area contributed by atoms with E-state index in [1.165, 1.54) is 0 Å². The fourth-order valence-corrected chi connectivity index (χ4v) is 1.78. The van der Waals surface area contributed by atoms with Crippen LogP contribution in [-0.4, -0.2) is 19.4 Å². The number of halogens is 1. The van der Waals surface area contributed by atoms with Crippen LogP contribution in [0.3, 0.4) is 0 Å². The van der Waals surface area contributed by atoms with E-state index < -0.39 is 0 Å². The monoisotopic (exact) mass is 261 g/mol. The molecule has 0 aliphatic heterocycles. The Morgan fingerprint density at radius 2 is 2.07 bits per heavy atom. The van der Waals surface area contributed by atoms with Gasteiger partial charge in [-0.1, -0.05) is 6.07 Å². The van der Waals surface area contributed by atoms with Crippen molar-refractivity contribution >= 4 is 15.9 Å². The molecule has 0 unspecified atom stereocenters. The van der Waals surface area contributed by atoms with Crippen LogP contribution >= 0.6 is 15.9 Å². The van der Waals surface area contributed by atoms with Gasteiger partial charge in [0.1, 0.15) is 0 Å². The highest BCUT2D eigenvalue weighted by molar-refractivity contribution is 9.10. The lowest BCUT2D eigenvalue weighted by Gasteiger charge is -2.12. The van der Waals surface area contributed by atoms with Gasteiger partial charge in [0.25, 0.3) is 0 Å². The van der Waals surface area contributed by atoms with E-state index in [4.69, 9.17) is 14.7 Å². The summed E-state index contributed by atoms with van der Waals surface area (Å²) in [5.41, 5.74) is 2.98. The van der Waals surface area contributed by atoms with Crippen LogP contribution in [0.1, 0.15) is 5.56 Å². The zero-order valence-corrected chi connectivity index (χ0v) is 9.59. The normalized spacial score (nSPS) is 10.0. The number of hydroxylamine groups is 1. The molecule has 0 spiro atoms. The molecule has 1 aromatic rings. The van der Waals surface area contributed by atoms with Gasteiger partial charge in [-0.15, -0.1) is 0 Å². The Kier molecular flexibility index (Phi) is 4.19. The first kappa shape index (κ1) is 11.3. The van der Waals surface area contributed by atoms with Crippen LogP contribution in [0.4, 0.5) is 0 Å². The van der Waals surface area contributed by atoms with Crippen molar-refractivity contribution in [3.63, 3.8) is 0 Å². The van der Waals surface area contributed by atoms with Crippen molar-refractivity contribution in [3.8, 4) is 11.5 Å². The van der Waals surface area contributed by atoms with Crippen LogP contribution in [-0.2, 0) is 6.54 Å². The Morgan fingerprint density at radius 1 is 1.36 bits per heavy atom. The highest BCUT2D eigenvalue weighted by atomic mass is 79.9. The zero-order chi connectivity index (χ0) is 10.6. The van der Waals surface area contributed by atoms with Crippen LogP contribution in [0.15, 0.2) is 16.6 Å². The summed E-state index contributed by atoms with van der Waals surface area (Å²) in [5, 5.41) is 8.59. The minimum absolute atomic E-state index is 0.348. The van der Waals surface area contributed by atoms with Crippen LogP contribution in [0.25, 0.3) is 0 Å². The van der Waals surface area contributed by atoms with Crippen LogP contribution in [0, 0.1) is 0 Å². The van der Waals surface area contributed by atoms with Crippen molar-refractivity contribution in [3.05, 3.63) is 22.2 Å². The predicted octanol–water partition coefficient (Wildman–Crippen LogP) is 1.95. The summed E-state index contributed by atoms with van der Waals surface area (Å²) in [6, 6.07) is 3.63. The van der Waals surface area contributed by atoms with Crippen LogP contribution in [0.2, 0.25) is 0 Å². The van der Waals surface area contributed by atoms with E-state index in [-0.39, 0.29) is 0 Å².